The fraction of sp³-hybridized carbons (Fsp3) is 0.565. The Labute approximate surface area is 193 Å². The summed E-state index contributed by atoms with van der Waals surface area (Å²) in [6.45, 7) is 6.86. The zero-order chi connectivity index (χ0) is 22.9. The number of unbranched alkanes of at least 4 members (excludes halogenated alkanes) is 3. The third-order valence-electron chi connectivity index (χ3n) is 5.56. The van der Waals surface area contributed by atoms with E-state index in [1.165, 1.54) is 11.3 Å². The normalized spacial score (nSPS) is 13.1. The van der Waals surface area contributed by atoms with Crippen molar-refractivity contribution < 1.29 is 19.1 Å². The van der Waals surface area contributed by atoms with Crippen LogP contribution in [-0.2, 0) is 9.59 Å². The number of fused-ring (bicyclic) bond motifs is 1. The molecule has 1 N–H and O–H groups in total. The Morgan fingerprint density at radius 3 is 2.72 bits per heavy atom. The maximum atomic E-state index is 12.7. The predicted molar refractivity (Wildman–Crippen MR) is 125 cm³/mol. The van der Waals surface area contributed by atoms with E-state index in [2.05, 4.69) is 29.4 Å². The number of benzene rings is 1. The van der Waals surface area contributed by atoms with Gasteiger partial charge in [0.05, 0.1) is 0 Å². The molecule has 0 spiro atoms. The van der Waals surface area contributed by atoms with Crippen LogP contribution in [0.4, 0.5) is 5.13 Å². The van der Waals surface area contributed by atoms with Gasteiger partial charge in [0, 0.05) is 31.0 Å². The molecule has 2 aromatic rings. The van der Waals surface area contributed by atoms with Crippen LogP contribution in [0.2, 0.25) is 0 Å². The lowest BCUT2D eigenvalue weighted by Gasteiger charge is -2.28. The average molecular weight is 461 g/mol. The lowest BCUT2D eigenvalue weighted by atomic mass is 10.1. The van der Waals surface area contributed by atoms with Crippen LogP contribution < -0.4 is 14.8 Å². The van der Waals surface area contributed by atoms with Crippen molar-refractivity contribution in [3.05, 3.63) is 18.2 Å². The van der Waals surface area contributed by atoms with Gasteiger partial charge in [-0.1, -0.05) is 44.4 Å². The van der Waals surface area contributed by atoms with Gasteiger partial charge in [0.2, 0.25) is 23.7 Å². The molecule has 1 unspecified atom stereocenters. The molecule has 8 nitrogen and oxygen atoms in total. The summed E-state index contributed by atoms with van der Waals surface area (Å²) in [7, 11) is 0. The minimum atomic E-state index is -0.175. The third kappa shape index (κ3) is 6.41. The number of aromatic nitrogens is 2. The van der Waals surface area contributed by atoms with Crippen molar-refractivity contribution in [2.45, 2.75) is 71.8 Å². The number of hydrogen-bond donors (Lipinski definition) is 1. The molecule has 1 aromatic heterocycles. The number of amides is 2. The van der Waals surface area contributed by atoms with E-state index in [1.54, 1.807) is 0 Å². The van der Waals surface area contributed by atoms with Crippen molar-refractivity contribution in [2.75, 3.05) is 18.7 Å². The summed E-state index contributed by atoms with van der Waals surface area (Å²) < 4.78 is 10.7. The number of carbonyl (C=O) groups is 2. The van der Waals surface area contributed by atoms with Crippen LogP contribution in [0.3, 0.4) is 0 Å². The summed E-state index contributed by atoms with van der Waals surface area (Å²) in [5.74, 6) is 1.33. The number of nitrogens with zero attached hydrogens (tertiary/aromatic N) is 3. The topological polar surface area (TPSA) is 93.7 Å². The highest BCUT2D eigenvalue weighted by atomic mass is 32.1. The molecule has 1 atom stereocenters. The molecule has 32 heavy (non-hydrogen) atoms. The fourth-order valence-electron chi connectivity index (χ4n) is 3.48. The molecule has 0 saturated carbocycles. The summed E-state index contributed by atoms with van der Waals surface area (Å²) in [4.78, 5) is 27.0. The van der Waals surface area contributed by atoms with E-state index >= 15 is 0 Å². The van der Waals surface area contributed by atoms with E-state index in [1.807, 2.05) is 30.0 Å². The van der Waals surface area contributed by atoms with Crippen molar-refractivity contribution in [3.63, 3.8) is 0 Å². The minimum Gasteiger partial charge on any atom is -0.454 e. The molecule has 0 fully saturated rings. The summed E-state index contributed by atoms with van der Waals surface area (Å²) in [6.07, 6.45) is 5.89. The second kappa shape index (κ2) is 11.8. The number of ether oxygens (including phenoxy) is 2. The van der Waals surface area contributed by atoms with Gasteiger partial charge in [0.1, 0.15) is 5.01 Å². The predicted octanol–water partition coefficient (Wildman–Crippen LogP) is 4.86. The second-order valence-corrected chi connectivity index (χ2v) is 8.91. The zero-order valence-electron chi connectivity index (χ0n) is 19.1. The Kier molecular flexibility index (Phi) is 8.84. The zero-order valence-corrected chi connectivity index (χ0v) is 19.9. The molecule has 1 aliphatic heterocycles. The standard InChI is InChI=1S/C23H32N4O4S/c1-4-6-7-8-9-21(29)27(16(3)5-2)13-12-20(28)24-23-26-25-22(32-23)17-10-11-18-19(14-17)31-15-30-18/h10-11,14,16H,4-9,12-13,15H2,1-3H3,(H,24,26,28). The number of hydrogen-bond acceptors (Lipinski definition) is 7. The van der Waals surface area contributed by atoms with Gasteiger partial charge in [-0.2, -0.15) is 0 Å². The molecule has 2 heterocycles. The van der Waals surface area contributed by atoms with Crippen molar-refractivity contribution >= 4 is 28.3 Å². The van der Waals surface area contributed by atoms with Crippen LogP contribution in [0.1, 0.15) is 65.7 Å². The van der Waals surface area contributed by atoms with E-state index in [4.69, 9.17) is 9.47 Å². The Bertz CT molecular complexity index is 917. The Balaban J connectivity index is 1.52. The lowest BCUT2D eigenvalue weighted by Crippen LogP contribution is -2.40. The monoisotopic (exact) mass is 460 g/mol. The van der Waals surface area contributed by atoms with Crippen LogP contribution in [0.25, 0.3) is 10.6 Å². The van der Waals surface area contributed by atoms with Crippen molar-refractivity contribution in [1.29, 1.82) is 0 Å². The van der Waals surface area contributed by atoms with Gasteiger partial charge in [0.25, 0.3) is 0 Å². The van der Waals surface area contributed by atoms with Gasteiger partial charge in [0.15, 0.2) is 11.5 Å². The molecule has 0 bridgehead atoms. The van der Waals surface area contributed by atoms with Crippen molar-refractivity contribution in [3.8, 4) is 22.1 Å². The first-order valence-electron chi connectivity index (χ1n) is 11.3. The SMILES string of the molecule is CCCCCCC(=O)N(CCC(=O)Nc1nnc(-c2ccc3c(c2)OCO3)s1)C(C)CC. The molecule has 2 amide bonds. The maximum Gasteiger partial charge on any atom is 0.231 e. The molecule has 0 aliphatic carbocycles. The summed E-state index contributed by atoms with van der Waals surface area (Å²) in [5, 5.41) is 12.2. The second-order valence-electron chi connectivity index (χ2n) is 7.93. The smallest absolute Gasteiger partial charge is 0.231 e. The molecule has 1 aromatic carbocycles. The summed E-state index contributed by atoms with van der Waals surface area (Å²) in [6, 6.07) is 5.68. The van der Waals surface area contributed by atoms with Crippen molar-refractivity contribution in [1.82, 2.24) is 15.1 Å². The van der Waals surface area contributed by atoms with E-state index in [-0.39, 0.29) is 31.1 Å². The molecular formula is C23H32N4O4S. The fourth-order valence-corrected chi connectivity index (χ4v) is 4.24. The molecule has 1 aliphatic rings. The van der Waals surface area contributed by atoms with Gasteiger partial charge < -0.3 is 19.7 Å². The van der Waals surface area contributed by atoms with Crippen LogP contribution in [0.5, 0.6) is 11.5 Å². The molecule has 3 rings (SSSR count). The Morgan fingerprint density at radius 2 is 1.94 bits per heavy atom. The highest BCUT2D eigenvalue weighted by molar-refractivity contribution is 7.18. The Morgan fingerprint density at radius 1 is 1.12 bits per heavy atom. The quantitative estimate of drug-likeness (QED) is 0.455. The van der Waals surface area contributed by atoms with Gasteiger partial charge in [-0.15, -0.1) is 10.2 Å². The molecule has 0 radical (unpaired) electrons. The van der Waals surface area contributed by atoms with Gasteiger partial charge in [-0.3, -0.25) is 9.59 Å². The summed E-state index contributed by atoms with van der Waals surface area (Å²) >= 11 is 1.30. The Hall–Kier alpha value is -2.68. The largest absolute Gasteiger partial charge is 0.454 e. The van der Waals surface area contributed by atoms with Crippen LogP contribution >= 0.6 is 11.3 Å². The molecular weight excluding hydrogens is 428 g/mol. The minimum absolute atomic E-state index is 0.112. The lowest BCUT2D eigenvalue weighted by molar-refractivity contribution is -0.133. The van der Waals surface area contributed by atoms with Crippen LogP contribution in [-0.4, -0.2) is 46.3 Å². The number of carbonyl (C=O) groups excluding carboxylic acids is 2. The van der Waals surface area contributed by atoms with Crippen molar-refractivity contribution in [2.24, 2.45) is 0 Å². The van der Waals surface area contributed by atoms with Crippen LogP contribution in [0.15, 0.2) is 18.2 Å². The molecule has 0 saturated heterocycles. The highest BCUT2D eigenvalue weighted by Gasteiger charge is 2.20. The third-order valence-corrected chi connectivity index (χ3v) is 6.45. The van der Waals surface area contributed by atoms with Gasteiger partial charge in [-0.25, -0.2) is 0 Å². The van der Waals surface area contributed by atoms with E-state index in [0.29, 0.717) is 34.6 Å². The highest BCUT2D eigenvalue weighted by Crippen LogP contribution is 2.37. The van der Waals surface area contributed by atoms with Gasteiger partial charge in [-0.05, 0) is 38.0 Å². The number of anilines is 1. The number of rotatable bonds is 12. The average Bonchev–Trinajstić information content (AvgIpc) is 3.45. The first-order valence-corrected chi connectivity index (χ1v) is 12.2. The first kappa shape index (κ1) is 24.0. The first-order chi connectivity index (χ1) is 15.5. The van der Waals surface area contributed by atoms with E-state index in [0.717, 1.165) is 37.7 Å². The summed E-state index contributed by atoms with van der Waals surface area (Å²) in [5.41, 5.74) is 0.851. The number of nitrogens with one attached hydrogen (secondary N) is 1. The van der Waals surface area contributed by atoms with Gasteiger partial charge >= 0.3 is 0 Å². The maximum absolute atomic E-state index is 12.7. The van der Waals surface area contributed by atoms with E-state index in [9.17, 15) is 9.59 Å². The van der Waals surface area contributed by atoms with Crippen LogP contribution in [0, 0.1) is 0 Å². The molecule has 174 valence electrons. The van der Waals surface area contributed by atoms with E-state index < -0.39 is 0 Å². The molecule has 9 heteroatoms.